The minimum Gasteiger partial charge on any atom is -0.401 e. The van der Waals surface area contributed by atoms with Crippen molar-refractivity contribution in [2.75, 3.05) is 0 Å². The molecule has 0 radical (unpaired) electrons. The van der Waals surface area contributed by atoms with E-state index in [9.17, 15) is 9.59 Å². The first kappa shape index (κ1) is 24.7. The molecule has 0 N–H and O–H groups in total. The highest BCUT2D eigenvalue weighted by Crippen LogP contribution is 2.36. The van der Waals surface area contributed by atoms with Crippen LogP contribution in [0.2, 0.25) is 0 Å². The first-order valence-electron chi connectivity index (χ1n) is 12.3. The Balaban J connectivity index is 1.43. The SMILES string of the molecule is CC(C)(C)c1ccc(-c2ccc(C3=c4nc5c(nc4OC3=O)=C(c3ccc(C(C)(C)C)s3)C(=O)O5)s2)cc1. The van der Waals surface area contributed by atoms with Crippen molar-refractivity contribution >= 4 is 45.8 Å². The number of rotatable bonds is 3. The number of carbonyl (C=O) groups is 2. The van der Waals surface area contributed by atoms with Crippen LogP contribution < -0.4 is 20.2 Å². The second-order valence-electron chi connectivity index (χ2n) is 11.5. The molecule has 0 unspecified atom stereocenters. The fourth-order valence-corrected chi connectivity index (χ4v) is 6.56. The average Bonchev–Trinajstić information content (AvgIpc) is 3.60. The van der Waals surface area contributed by atoms with E-state index in [2.05, 4.69) is 75.8 Å². The molecule has 192 valence electrons. The summed E-state index contributed by atoms with van der Waals surface area (Å²) in [5, 5.41) is 0.594. The summed E-state index contributed by atoms with van der Waals surface area (Å²) >= 11 is 3.00. The van der Waals surface area contributed by atoms with Gasteiger partial charge >= 0.3 is 11.9 Å². The summed E-state index contributed by atoms with van der Waals surface area (Å²) < 4.78 is 11.0. The number of ether oxygens (including phenoxy) is 2. The predicted molar refractivity (Wildman–Crippen MR) is 149 cm³/mol. The lowest BCUT2D eigenvalue weighted by Gasteiger charge is -2.18. The first-order chi connectivity index (χ1) is 17.9. The molecule has 3 aromatic heterocycles. The second-order valence-corrected chi connectivity index (χ2v) is 13.6. The summed E-state index contributed by atoms with van der Waals surface area (Å²) in [5.74, 6) is -0.827. The fourth-order valence-electron chi connectivity index (χ4n) is 4.42. The van der Waals surface area contributed by atoms with Crippen LogP contribution in [-0.2, 0) is 20.4 Å². The van der Waals surface area contributed by atoms with Gasteiger partial charge in [-0.05, 0) is 46.2 Å². The molecule has 2 aliphatic heterocycles. The number of nitrogens with zero attached hydrogens (tertiary/aromatic N) is 2. The monoisotopic (exact) mass is 542 g/mol. The van der Waals surface area contributed by atoms with Crippen molar-refractivity contribution in [3.63, 3.8) is 0 Å². The number of benzene rings is 1. The minimum absolute atomic E-state index is 0.0496. The van der Waals surface area contributed by atoms with Gasteiger partial charge in [-0.3, -0.25) is 0 Å². The van der Waals surface area contributed by atoms with Crippen LogP contribution in [0.5, 0.6) is 11.8 Å². The van der Waals surface area contributed by atoms with Gasteiger partial charge in [-0.15, -0.1) is 22.7 Å². The zero-order valence-corrected chi connectivity index (χ0v) is 23.6. The maximum absolute atomic E-state index is 12.9. The summed E-state index contributed by atoms with van der Waals surface area (Å²) in [7, 11) is 0. The first-order valence-corrected chi connectivity index (χ1v) is 14.0. The highest BCUT2D eigenvalue weighted by molar-refractivity contribution is 7.17. The van der Waals surface area contributed by atoms with Gasteiger partial charge in [-0.25, -0.2) is 19.6 Å². The van der Waals surface area contributed by atoms with Crippen LogP contribution in [0.15, 0.2) is 48.5 Å². The van der Waals surface area contributed by atoms with Crippen LogP contribution >= 0.6 is 22.7 Å². The lowest BCUT2D eigenvalue weighted by Crippen LogP contribution is -2.19. The van der Waals surface area contributed by atoms with Gasteiger partial charge in [0.15, 0.2) is 0 Å². The molecule has 0 bridgehead atoms. The maximum atomic E-state index is 12.9. The van der Waals surface area contributed by atoms with Gasteiger partial charge in [-0.1, -0.05) is 65.8 Å². The third-order valence-corrected chi connectivity index (χ3v) is 9.25. The Hall–Kier alpha value is -3.62. The molecule has 8 heteroatoms. The molecule has 4 aromatic rings. The van der Waals surface area contributed by atoms with Gasteiger partial charge in [0.25, 0.3) is 11.8 Å². The van der Waals surface area contributed by atoms with E-state index >= 15 is 0 Å². The van der Waals surface area contributed by atoms with Gasteiger partial charge in [0.1, 0.15) is 21.8 Å². The molecular weight excluding hydrogens is 516 g/mol. The third kappa shape index (κ3) is 4.08. The largest absolute Gasteiger partial charge is 0.401 e. The Kier molecular flexibility index (Phi) is 5.49. The highest BCUT2D eigenvalue weighted by Gasteiger charge is 2.34. The molecule has 0 spiro atoms. The summed E-state index contributed by atoms with van der Waals surface area (Å²) in [6.45, 7) is 12.9. The lowest BCUT2D eigenvalue weighted by molar-refractivity contribution is -0.128. The van der Waals surface area contributed by atoms with E-state index in [1.807, 2.05) is 24.3 Å². The summed E-state index contributed by atoms with van der Waals surface area (Å²) in [6.07, 6.45) is 0. The number of hydrogen-bond donors (Lipinski definition) is 0. The number of hydrogen-bond acceptors (Lipinski definition) is 8. The minimum atomic E-state index is -0.515. The van der Waals surface area contributed by atoms with Crippen molar-refractivity contribution in [3.05, 3.63) is 79.4 Å². The molecule has 0 aliphatic carbocycles. The van der Waals surface area contributed by atoms with Crippen LogP contribution in [0, 0.1) is 0 Å². The van der Waals surface area contributed by atoms with E-state index in [-0.39, 0.29) is 22.6 Å². The van der Waals surface area contributed by atoms with E-state index in [1.165, 1.54) is 28.2 Å². The van der Waals surface area contributed by atoms with Gasteiger partial charge in [0.2, 0.25) is 0 Å². The Morgan fingerprint density at radius 1 is 0.605 bits per heavy atom. The Bertz CT molecular complexity index is 1760. The summed E-state index contributed by atoms with van der Waals surface area (Å²) in [5.41, 5.74) is 3.02. The quantitative estimate of drug-likeness (QED) is 0.335. The Morgan fingerprint density at radius 2 is 1.11 bits per heavy atom. The molecule has 6 rings (SSSR count). The van der Waals surface area contributed by atoms with E-state index in [4.69, 9.17) is 9.47 Å². The van der Waals surface area contributed by atoms with Gasteiger partial charge in [-0.2, -0.15) is 0 Å². The highest BCUT2D eigenvalue weighted by atomic mass is 32.1. The van der Waals surface area contributed by atoms with E-state index in [0.717, 1.165) is 25.1 Å². The Morgan fingerprint density at radius 3 is 1.61 bits per heavy atom. The molecule has 0 saturated carbocycles. The molecule has 38 heavy (non-hydrogen) atoms. The van der Waals surface area contributed by atoms with Crippen LogP contribution in [0.1, 0.15) is 61.7 Å². The molecule has 0 fully saturated rings. The number of fused-ring (bicyclic) bond motifs is 2. The molecule has 0 amide bonds. The maximum Gasteiger partial charge on any atom is 0.348 e. The molecule has 0 saturated heterocycles. The summed E-state index contributed by atoms with van der Waals surface area (Å²) in [4.78, 5) is 38.5. The van der Waals surface area contributed by atoms with Gasteiger partial charge < -0.3 is 9.47 Å². The average molecular weight is 543 g/mol. The zero-order valence-electron chi connectivity index (χ0n) is 22.0. The number of aromatic nitrogens is 2. The van der Waals surface area contributed by atoms with Gasteiger partial charge in [0, 0.05) is 19.5 Å². The normalized spacial score (nSPS) is 15.0. The molecular formula is C30H26N2O4S2. The number of esters is 2. The lowest BCUT2D eigenvalue weighted by atomic mass is 9.86. The predicted octanol–water partition coefficient (Wildman–Crippen LogP) is 5.10. The van der Waals surface area contributed by atoms with E-state index in [1.54, 1.807) is 0 Å². The van der Waals surface area contributed by atoms with Crippen molar-refractivity contribution < 1.29 is 19.1 Å². The van der Waals surface area contributed by atoms with Crippen molar-refractivity contribution in [2.45, 2.75) is 52.4 Å². The van der Waals surface area contributed by atoms with Crippen molar-refractivity contribution in [2.24, 2.45) is 0 Å². The topological polar surface area (TPSA) is 78.4 Å². The second kappa shape index (κ2) is 8.44. The van der Waals surface area contributed by atoms with E-state index in [0.29, 0.717) is 21.8 Å². The molecule has 2 aliphatic rings. The molecule has 5 heterocycles. The van der Waals surface area contributed by atoms with Crippen molar-refractivity contribution in [1.82, 2.24) is 9.97 Å². The van der Waals surface area contributed by atoms with Crippen molar-refractivity contribution in [3.8, 4) is 22.2 Å². The van der Waals surface area contributed by atoms with Crippen LogP contribution in [0.3, 0.4) is 0 Å². The Labute approximate surface area is 228 Å². The third-order valence-electron chi connectivity index (χ3n) is 6.57. The standard InChI is InChI=1S/C30H26N2O4S2/c1-29(2,3)16-9-7-15(8-10-16)17-11-12-18(37-17)21-23-25(35-27(21)33)32-24-22(28(34)36-26(24)31-23)19-13-14-20(38-19)30(4,5)6/h7-14H,1-6H3. The fraction of sp³-hybridized carbons (Fsp3) is 0.267. The number of carbonyl (C=O) groups excluding carboxylic acids is 2. The van der Waals surface area contributed by atoms with Crippen LogP contribution in [0.25, 0.3) is 21.6 Å². The number of thiophene rings is 2. The van der Waals surface area contributed by atoms with Crippen LogP contribution in [0.4, 0.5) is 0 Å². The molecule has 1 aromatic carbocycles. The molecule has 0 atom stereocenters. The summed E-state index contributed by atoms with van der Waals surface area (Å²) in [6, 6.07) is 16.3. The van der Waals surface area contributed by atoms with Crippen LogP contribution in [-0.4, -0.2) is 21.9 Å². The van der Waals surface area contributed by atoms with Gasteiger partial charge in [0.05, 0.1) is 0 Å². The smallest absolute Gasteiger partial charge is 0.348 e. The van der Waals surface area contributed by atoms with Crippen molar-refractivity contribution in [1.29, 1.82) is 0 Å². The van der Waals surface area contributed by atoms with E-state index < -0.39 is 11.9 Å². The zero-order chi connectivity index (χ0) is 27.0. The molecule has 6 nitrogen and oxygen atoms in total.